The maximum Gasteiger partial charge on any atom is 0.264 e. The van der Waals surface area contributed by atoms with Gasteiger partial charge in [-0.1, -0.05) is 24.3 Å². The average Bonchev–Trinajstić information content (AvgIpc) is 3.05. The monoisotopic (exact) mass is 398 g/mol. The van der Waals surface area contributed by atoms with E-state index in [1.807, 2.05) is 30.0 Å². The van der Waals surface area contributed by atoms with Crippen molar-refractivity contribution in [1.82, 2.24) is 9.80 Å². The SMILES string of the molecule is COc1ccc(CN2CCN(C(=O)c3sc4ccccc4c3C)CC2)cc1F. The smallest absolute Gasteiger partial charge is 0.264 e. The second kappa shape index (κ2) is 7.89. The first-order chi connectivity index (χ1) is 13.6. The van der Waals surface area contributed by atoms with Crippen LogP contribution in [-0.2, 0) is 6.54 Å². The Kier molecular flexibility index (Phi) is 5.33. The number of nitrogens with zero attached hydrogens (tertiary/aromatic N) is 2. The third-order valence-electron chi connectivity index (χ3n) is 5.32. The molecular weight excluding hydrogens is 375 g/mol. The first-order valence-corrected chi connectivity index (χ1v) is 10.2. The number of halogens is 1. The molecule has 1 fully saturated rings. The predicted octanol–water partition coefficient (Wildman–Crippen LogP) is 4.32. The van der Waals surface area contributed by atoms with Crippen LogP contribution in [0.25, 0.3) is 10.1 Å². The topological polar surface area (TPSA) is 32.8 Å². The molecule has 0 aliphatic carbocycles. The van der Waals surface area contributed by atoms with E-state index in [4.69, 9.17) is 4.74 Å². The molecule has 146 valence electrons. The summed E-state index contributed by atoms with van der Waals surface area (Å²) in [5.74, 6) is 0.0424. The first-order valence-electron chi connectivity index (χ1n) is 9.39. The van der Waals surface area contributed by atoms with Gasteiger partial charge >= 0.3 is 0 Å². The van der Waals surface area contributed by atoms with Gasteiger partial charge in [0.1, 0.15) is 0 Å². The second-order valence-electron chi connectivity index (χ2n) is 7.09. The summed E-state index contributed by atoms with van der Waals surface area (Å²) in [5.41, 5.74) is 1.99. The van der Waals surface area contributed by atoms with Crippen LogP contribution in [-0.4, -0.2) is 49.0 Å². The van der Waals surface area contributed by atoms with Crippen LogP contribution in [0.1, 0.15) is 20.8 Å². The molecule has 1 saturated heterocycles. The number of hydrogen-bond donors (Lipinski definition) is 0. The number of piperazine rings is 1. The summed E-state index contributed by atoms with van der Waals surface area (Å²) in [5, 5.41) is 1.16. The number of methoxy groups -OCH3 is 1. The van der Waals surface area contributed by atoms with Crippen molar-refractivity contribution >= 4 is 27.3 Å². The van der Waals surface area contributed by atoms with Crippen molar-refractivity contribution in [2.24, 2.45) is 0 Å². The van der Waals surface area contributed by atoms with Gasteiger partial charge in [-0.2, -0.15) is 0 Å². The molecule has 3 aromatic rings. The Bertz CT molecular complexity index is 1010. The lowest BCUT2D eigenvalue weighted by Crippen LogP contribution is -2.48. The van der Waals surface area contributed by atoms with Crippen molar-refractivity contribution in [3.8, 4) is 5.75 Å². The number of ether oxygens (including phenoxy) is 1. The van der Waals surface area contributed by atoms with Gasteiger partial charge < -0.3 is 9.64 Å². The van der Waals surface area contributed by atoms with Gasteiger partial charge in [-0.25, -0.2) is 4.39 Å². The number of rotatable bonds is 4. The van der Waals surface area contributed by atoms with Crippen molar-refractivity contribution in [3.63, 3.8) is 0 Å². The first kappa shape index (κ1) is 18.9. The van der Waals surface area contributed by atoms with E-state index in [0.717, 1.165) is 39.2 Å². The van der Waals surface area contributed by atoms with E-state index < -0.39 is 0 Å². The van der Waals surface area contributed by atoms with Gasteiger partial charge in [0.2, 0.25) is 0 Å². The van der Waals surface area contributed by atoms with Crippen molar-refractivity contribution in [2.45, 2.75) is 13.5 Å². The molecule has 2 heterocycles. The molecule has 2 aromatic carbocycles. The highest BCUT2D eigenvalue weighted by Crippen LogP contribution is 2.31. The lowest BCUT2D eigenvalue weighted by atomic mass is 10.1. The minimum Gasteiger partial charge on any atom is -0.494 e. The third-order valence-corrected chi connectivity index (χ3v) is 6.58. The summed E-state index contributed by atoms with van der Waals surface area (Å²) in [6, 6.07) is 13.2. The van der Waals surface area contributed by atoms with Crippen LogP contribution in [0.3, 0.4) is 0 Å². The third kappa shape index (κ3) is 3.62. The van der Waals surface area contributed by atoms with E-state index in [2.05, 4.69) is 17.0 Å². The second-order valence-corrected chi connectivity index (χ2v) is 8.14. The summed E-state index contributed by atoms with van der Waals surface area (Å²) in [4.78, 5) is 18.1. The summed E-state index contributed by atoms with van der Waals surface area (Å²) in [6.07, 6.45) is 0. The maximum absolute atomic E-state index is 13.9. The van der Waals surface area contributed by atoms with Gasteiger partial charge in [0.15, 0.2) is 11.6 Å². The van der Waals surface area contributed by atoms with E-state index in [0.29, 0.717) is 19.6 Å². The summed E-state index contributed by atoms with van der Waals surface area (Å²) in [6.45, 7) is 5.63. The number of carbonyl (C=O) groups is 1. The molecule has 0 saturated carbocycles. The molecule has 28 heavy (non-hydrogen) atoms. The minimum absolute atomic E-state index is 0.119. The lowest BCUT2D eigenvalue weighted by molar-refractivity contribution is 0.0632. The van der Waals surface area contributed by atoms with E-state index in [9.17, 15) is 9.18 Å². The Balaban J connectivity index is 1.40. The summed E-state index contributed by atoms with van der Waals surface area (Å²) < 4.78 is 20.0. The van der Waals surface area contributed by atoms with Crippen LogP contribution in [0.5, 0.6) is 5.75 Å². The Morgan fingerprint density at radius 3 is 2.57 bits per heavy atom. The average molecular weight is 399 g/mol. The van der Waals surface area contributed by atoms with Crippen molar-refractivity contribution < 1.29 is 13.9 Å². The molecule has 0 atom stereocenters. The molecule has 0 radical (unpaired) electrons. The highest BCUT2D eigenvalue weighted by Gasteiger charge is 2.25. The van der Waals surface area contributed by atoms with Crippen LogP contribution >= 0.6 is 11.3 Å². The fraction of sp³-hybridized carbons (Fsp3) is 0.318. The number of benzene rings is 2. The number of fused-ring (bicyclic) bond motifs is 1. The lowest BCUT2D eigenvalue weighted by Gasteiger charge is -2.34. The van der Waals surface area contributed by atoms with E-state index in [1.165, 1.54) is 13.2 Å². The molecule has 1 amide bonds. The summed E-state index contributed by atoms with van der Waals surface area (Å²) >= 11 is 1.58. The molecule has 1 aromatic heterocycles. The Labute approximate surface area is 168 Å². The molecule has 4 rings (SSSR count). The highest BCUT2D eigenvalue weighted by atomic mass is 32.1. The zero-order chi connectivity index (χ0) is 19.7. The van der Waals surface area contributed by atoms with Crippen LogP contribution in [0.4, 0.5) is 4.39 Å². The number of carbonyl (C=O) groups excluding carboxylic acids is 1. The molecule has 6 heteroatoms. The van der Waals surface area contributed by atoms with E-state index in [1.54, 1.807) is 17.4 Å². The zero-order valence-electron chi connectivity index (χ0n) is 16.1. The fourth-order valence-corrected chi connectivity index (χ4v) is 4.87. The van der Waals surface area contributed by atoms with Crippen LogP contribution in [0.15, 0.2) is 42.5 Å². The molecule has 1 aliphatic heterocycles. The van der Waals surface area contributed by atoms with Gasteiger partial charge in [-0.15, -0.1) is 11.3 Å². The van der Waals surface area contributed by atoms with E-state index in [-0.39, 0.29) is 17.5 Å². The largest absolute Gasteiger partial charge is 0.494 e. The molecule has 0 spiro atoms. The van der Waals surface area contributed by atoms with Crippen molar-refractivity contribution in [3.05, 3.63) is 64.3 Å². The van der Waals surface area contributed by atoms with Crippen LogP contribution < -0.4 is 4.74 Å². The molecule has 0 bridgehead atoms. The number of thiophene rings is 1. The van der Waals surface area contributed by atoms with Crippen molar-refractivity contribution in [1.29, 1.82) is 0 Å². The zero-order valence-corrected chi connectivity index (χ0v) is 16.9. The molecular formula is C22H23FN2O2S. The number of aryl methyl sites for hydroxylation is 1. The number of amides is 1. The van der Waals surface area contributed by atoms with Gasteiger partial charge in [0, 0.05) is 37.4 Å². The maximum atomic E-state index is 13.9. The molecule has 0 N–H and O–H groups in total. The van der Waals surface area contributed by atoms with E-state index >= 15 is 0 Å². The fourth-order valence-electron chi connectivity index (χ4n) is 3.70. The Hall–Kier alpha value is -2.44. The summed E-state index contributed by atoms with van der Waals surface area (Å²) in [7, 11) is 1.46. The van der Waals surface area contributed by atoms with Gasteiger partial charge in [-0.3, -0.25) is 9.69 Å². The predicted molar refractivity (Wildman–Crippen MR) is 111 cm³/mol. The highest BCUT2D eigenvalue weighted by molar-refractivity contribution is 7.21. The minimum atomic E-state index is -0.339. The van der Waals surface area contributed by atoms with Gasteiger partial charge in [-0.05, 0) is 41.6 Å². The Morgan fingerprint density at radius 2 is 1.89 bits per heavy atom. The van der Waals surface area contributed by atoms with Crippen molar-refractivity contribution in [2.75, 3.05) is 33.3 Å². The molecule has 1 aliphatic rings. The normalized spacial score (nSPS) is 15.2. The van der Waals surface area contributed by atoms with Crippen LogP contribution in [0.2, 0.25) is 0 Å². The standard InChI is InChI=1S/C22H23FN2O2S/c1-15-17-5-3-4-6-20(17)28-21(15)22(26)25-11-9-24(10-12-25)14-16-7-8-19(27-2)18(23)13-16/h3-8,13H,9-12,14H2,1-2H3. The number of hydrogen-bond acceptors (Lipinski definition) is 4. The van der Waals surface area contributed by atoms with Crippen LogP contribution in [0, 0.1) is 12.7 Å². The van der Waals surface area contributed by atoms with Gasteiger partial charge in [0.25, 0.3) is 5.91 Å². The molecule has 4 nitrogen and oxygen atoms in total. The van der Waals surface area contributed by atoms with Gasteiger partial charge in [0.05, 0.1) is 12.0 Å². The Morgan fingerprint density at radius 1 is 1.14 bits per heavy atom. The molecule has 0 unspecified atom stereocenters. The quantitative estimate of drug-likeness (QED) is 0.656.